The topological polar surface area (TPSA) is 41.5 Å². The number of hydrogen-bond donors (Lipinski definition) is 1. The fourth-order valence-corrected chi connectivity index (χ4v) is 3.63. The average Bonchev–Trinajstić information content (AvgIpc) is 2.54. The van der Waals surface area contributed by atoms with E-state index in [9.17, 15) is 4.79 Å². The summed E-state index contributed by atoms with van der Waals surface area (Å²) in [6, 6.07) is 0.445. The third kappa shape index (κ3) is 3.73. The number of carbonyl (C=O) groups is 1. The normalized spacial score (nSPS) is 29.4. The number of thioether (sulfide) groups is 1. The number of aliphatic imine (C=N–C) groups is 1. The van der Waals surface area contributed by atoms with Crippen LogP contribution < -0.4 is 5.32 Å². The second-order valence-corrected chi connectivity index (χ2v) is 6.16. The standard InChI is InChI=1S/C13H22N2OS/c1-2-7-11-12(16)15-13(17-11)14-10-8-5-3-4-6-9-10/h10-11H,2-9H2,1H3,(H,14,15,16). The van der Waals surface area contributed by atoms with Crippen LogP contribution in [-0.4, -0.2) is 22.4 Å². The van der Waals surface area contributed by atoms with E-state index in [1.165, 1.54) is 38.5 Å². The highest BCUT2D eigenvalue weighted by Crippen LogP contribution is 2.26. The van der Waals surface area contributed by atoms with E-state index in [0.717, 1.165) is 18.0 Å². The quantitative estimate of drug-likeness (QED) is 0.786. The molecule has 1 heterocycles. The Morgan fingerprint density at radius 2 is 2.00 bits per heavy atom. The Kier molecular flexibility index (Phi) is 4.89. The predicted molar refractivity (Wildman–Crippen MR) is 73.4 cm³/mol. The molecule has 0 aromatic heterocycles. The number of nitrogens with one attached hydrogen (secondary N) is 1. The van der Waals surface area contributed by atoms with Gasteiger partial charge in [-0.25, -0.2) is 0 Å². The minimum absolute atomic E-state index is 0.101. The van der Waals surface area contributed by atoms with E-state index in [0.29, 0.717) is 6.04 Å². The van der Waals surface area contributed by atoms with Crippen LogP contribution in [0, 0.1) is 0 Å². The molecule has 0 aromatic carbocycles. The first-order valence-corrected chi connectivity index (χ1v) is 7.73. The van der Waals surface area contributed by atoms with Gasteiger partial charge in [-0.3, -0.25) is 9.79 Å². The van der Waals surface area contributed by atoms with Gasteiger partial charge in [0.1, 0.15) is 0 Å². The Labute approximate surface area is 108 Å². The highest BCUT2D eigenvalue weighted by atomic mass is 32.2. The van der Waals surface area contributed by atoms with E-state index in [4.69, 9.17) is 4.99 Å². The number of hydrogen-bond acceptors (Lipinski definition) is 3. The van der Waals surface area contributed by atoms with Crippen LogP contribution in [0.25, 0.3) is 0 Å². The molecule has 2 aliphatic rings. The van der Waals surface area contributed by atoms with Crippen molar-refractivity contribution in [2.45, 2.75) is 69.6 Å². The average molecular weight is 254 g/mol. The Morgan fingerprint density at radius 1 is 1.29 bits per heavy atom. The molecule has 2 fully saturated rings. The van der Waals surface area contributed by atoms with Crippen molar-refractivity contribution >= 4 is 22.8 Å². The van der Waals surface area contributed by atoms with Gasteiger partial charge in [-0.1, -0.05) is 50.8 Å². The maximum absolute atomic E-state index is 11.7. The molecule has 1 saturated carbocycles. The van der Waals surface area contributed by atoms with E-state index >= 15 is 0 Å². The van der Waals surface area contributed by atoms with Crippen LogP contribution in [0.4, 0.5) is 0 Å². The van der Waals surface area contributed by atoms with Gasteiger partial charge in [0.05, 0.1) is 11.3 Å². The summed E-state index contributed by atoms with van der Waals surface area (Å²) in [5, 5.41) is 3.91. The Morgan fingerprint density at radius 3 is 2.65 bits per heavy atom. The summed E-state index contributed by atoms with van der Waals surface area (Å²) in [7, 11) is 0. The lowest BCUT2D eigenvalue weighted by Crippen LogP contribution is -2.25. The van der Waals surface area contributed by atoms with Gasteiger partial charge >= 0.3 is 0 Å². The molecule has 96 valence electrons. The van der Waals surface area contributed by atoms with E-state index in [1.807, 2.05) is 0 Å². The molecule has 0 spiro atoms. The molecule has 2 rings (SSSR count). The first-order chi connectivity index (χ1) is 8.29. The summed E-state index contributed by atoms with van der Waals surface area (Å²) >= 11 is 1.63. The number of amides is 1. The molecular weight excluding hydrogens is 232 g/mol. The zero-order valence-corrected chi connectivity index (χ0v) is 11.4. The maximum Gasteiger partial charge on any atom is 0.239 e. The van der Waals surface area contributed by atoms with Crippen molar-refractivity contribution in [2.75, 3.05) is 0 Å². The predicted octanol–water partition coefficient (Wildman–Crippen LogP) is 3.10. The Balaban J connectivity index is 1.91. The highest BCUT2D eigenvalue weighted by Gasteiger charge is 2.29. The van der Waals surface area contributed by atoms with Gasteiger partial charge in [0, 0.05) is 0 Å². The Bertz CT molecular complexity index is 296. The number of amidine groups is 1. The minimum atomic E-state index is 0.101. The largest absolute Gasteiger partial charge is 0.304 e. The van der Waals surface area contributed by atoms with E-state index < -0.39 is 0 Å². The summed E-state index contributed by atoms with van der Waals surface area (Å²) in [6.45, 7) is 2.12. The molecule has 0 aromatic rings. The lowest BCUT2D eigenvalue weighted by Gasteiger charge is -2.08. The molecular formula is C13H22N2OS. The molecule has 1 atom stereocenters. The maximum atomic E-state index is 11.7. The monoisotopic (exact) mass is 254 g/mol. The second kappa shape index (κ2) is 6.43. The first-order valence-electron chi connectivity index (χ1n) is 6.85. The third-order valence-electron chi connectivity index (χ3n) is 3.45. The van der Waals surface area contributed by atoms with Gasteiger partial charge in [-0.15, -0.1) is 0 Å². The minimum Gasteiger partial charge on any atom is -0.304 e. The van der Waals surface area contributed by atoms with Crippen molar-refractivity contribution in [1.29, 1.82) is 0 Å². The van der Waals surface area contributed by atoms with Gasteiger partial charge < -0.3 is 5.32 Å². The van der Waals surface area contributed by atoms with Gasteiger partial charge in [0.15, 0.2) is 5.17 Å². The number of nitrogens with zero attached hydrogens (tertiary/aromatic N) is 1. The van der Waals surface area contributed by atoms with Crippen LogP contribution >= 0.6 is 11.8 Å². The zero-order chi connectivity index (χ0) is 12.1. The molecule has 1 aliphatic heterocycles. The van der Waals surface area contributed by atoms with Crippen LogP contribution in [0.2, 0.25) is 0 Å². The summed E-state index contributed by atoms with van der Waals surface area (Å²) < 4.78 is 0. The van der Waals surface area contributed by atoms with Crippen molar-refractivity contribution in [3.8, 4) is 0 Å². The smallest absolute Gasteiger partial charge is 0.239 e. The summed E-state index contributed by atoms with van der Waals surface area (Å²) in [5.74, 6) is 0.157. The van der Waals surface area contributed by atoms with Crippen molar-refractivity contribution < 1.29 is 4.79 Å². The van der Waals surface area contributed by atoms with Crippen molar-refractivity contribution in [2.24, 2.45) is 4.99 Å². The van der Waals surface area contributed by atoms with Crippen molar-refractivity contribution in [1.82, 2.24) is 5.32 Å². The SMILES string of the molecule is CCCC1SC(=NC2CCCCCC2)NC1=O. The lowest BCUT2D eigenvalue weighted by atomic mass is 10.1. The fraction of sp³-hybridized carbons (Fsp3) is 0.846. The molecule has 1 amide bonds. The third-order valence-corrected chi connectivity index (χ3v) is 4.62. The van der Waals surface area contributed by atoms with E-state index in [-0.39, 0.29) is 11.2 Å². The number of rotatable bonds is 3. The lowest BCUT2D eigenvalue weighted by molar-refractivity contribution is -0.118. The van der Waals surface area contributed by atoms with Crippen LogP contribution in [0.15, 0.2) is 4.99 Å². The first kappa shape index (κ1) is 12.9. The van der Waals surface area contributed by atoms with E-state index in [1.54, 1.807) is 11.8 Å². The van der Waals surface area contributed by atoms with Crippen LogP contribution in [0.1, 0.15) is 58.3 Å². The van der Waals surface area contributed by atoms with Crippen LogP contribution in [0.5, 0.6) is 0 Å². The van der Waals surface area contributed by atoms with E-state index in [2.05, 4.69) is 12.2 Å². The summed E-state index contributed by atoms with van der Waals surface area (Å²) in [5.41, 5.74) is 0. The molecule has 1 N–H and O–H groups in total. The van der Waals surface area contributed by atoms with Gasteiger partial charge in [-0.05, 0) is 19.3 Å². The number of carbonyl (C=O) groups excluding carboxylic acids is 1. The van der Waals surface area contributed by atoms with Gasteiger partial charge in [0.2, 0.25) is 5.91 Å². The van der Waals surface area contributed by atoms with Crippen LogP contribution in [-0.2, 0) is 4.79 Å². The summed E-state index contributed by atoms with van der Waals surface area (Å²) in [4.78, 5) is 16.4. The van der Waals surface area contributed by atoms with Gasteiger partial charge in [-0.2, -0.15) is 0 Å². The molecule has 4 heteroatoms. The van der Waals surface area contributed by atoms with Crippen LogP contribution in [0.3, 0.4) is 0 Å². The van der Waals surface area contributed by atoms with Crippen molar-refractivity contribution in [3.05, 3.63) is 0 Å². The highest BCUT2D eigenvalue weighted by molar-refractivity contribution is 8.15. The molecule has 0 bridgehead atoms. The summed E-state index contributed by atoms with van der Waals surface area (Å²) in [6.07, 6.45) is 9.67. The molecule has 1 unspecified atom stereocenters. The second-order valence-electron chi connectivity index (χ2n) is 4.96. The molecule has 1 saturated heterocycles. The Hall–Kier alpha value is -0.510. The molecule has 1 aliphatic carbocycles. The molecule has 17 heavy (non-hydrogen) atoms. The molecule has 3 nitrogen and oxygen atoms in total. The fourth-order valence-electron chi connectivity index (χ4n) is 2.47. The van der Waals surface area contributed by atoms with Gasteiger partial charge in [0.25, 0.3) is 0 Å². The molecule has 0 radical (unpaired) electrons. The van der Waals surface area contributed by atoms with Crippen molar-refractivity contribution in [3.63, 3.8) is 0 Å². The zero-order valence-electron chi connectivity index (χ0n) is 10.6.